The molecule has 2 atom stereocenters. The van der Waals surface area contributed by atoms with Crippen molar-refractivity contribution in [1.29, 1.82) is 0 Å². The number of ether oxygens (including phenoxy) is 1. The van der Waals surface area contributed by atoms with Gasteiger partial charge in [0.05, 0.1) is 6.61 Å². The molecule has 0 aromatic heterocycles. The fourth-order valence-electron chi connectivity index (χ4n) is 3.17. The Bertz CT molecular complexity index is 720. The molecule has 1 fully saturated rings. The number of nitrogens with one attached hydrogen (secondary N) is 1. The van der Waals surface area contributed by atoms with Crippen LogP contribution in [0.4, 0.5) is 13.2 Å². The lowest BCUT2D eigenvalue weighted by molar-refractivity contribution is -0.124. The molecule has 2 aromatic carbocycles. The third-order valence-corrected chi connectivity index (χ3v) is 5.24. The molecule has 2 aromatic rings. The number of alkyl halides is 3. The van der Waals surface area contributed by atoms with E-state index in [4.69, 9.17) is 4.74 Å². The summed E-state index contributed by atoms with van der Waals surface area (Å²) in [7, 11) is 0. The Kier molecular flexibility index (Phi) is 5.92. The summed E-state index contributed by atoms with van der Waals surface area (Å²) in [6.45, 7) is 1.56. The van der Waals surface area contributed by atoms with Gasteiger partial charge in [-0.1, -0.05) is 48.5 Å². The molecule has 1 aliphatic heterocycles. The molecular weight excluding hydrogens is 363 g/mol. The molecule has 0 radical (unpaired) electrons. The minimum atomic E-state index is -4.39. The van der Waals surface area contributed by atoms with Crippen molar-refractivity contribution in [3.63, 3.8) is 0 Å². The van der Waals surface area contributed by atoms with Crippen molar-refractivity contribution in [3.05, 3.63) is 65.7 Å². The minimum Gasteiger partial charge on any atom is -0.382 e. The fraction of sp³-hybridized carbons (Fsp3) is 0.368. The zero-order valence-corrected chi connectivity index (χ0v) is 14.8. The average molecular weight is 383 g/mol. The molecule has 1 aliphatic rings. The zero-order valence-electron chi connectivity index (χ0n) is 14.0. The number of aliphatic hydroxyl groups is 1. The summed E-state index contributed by atoms with van der Waals surface area (Å²) in [5.74, 6) is 0. The molecule has 1 heterocycles. The Balaban J connectivity index is 1.97. The topological polar surface area (TPSA) is 41.5 Å². The molecule has 0 spiro atoms. The number of hydrogen-bond acceptors (Lipinski definition) is 4. The first-order valence-electron chi connectivity index (χ1n) is 8.32. The van der Waals surface area contributed by atoms with Crippen LogP contribution >= 0.6 is 11.8 Å². The number of rotatable bonds is 5. The highest BCUT2D eigenvalue weighted by Gasteiger charge is 2.41. The molecule has 0 aliphatic carbocycles. The van der Waals surface area contributed by atoms with Gasteiger partial charge in [-0.25, -0.2) is 0 Å². The van der Waals surface area contributed by atoms with E-state index in [1.807, 2.05) is 6.07 Å². The number of benzene rings is 2. The molecule has 1 saturated heterocycles. The first-order chi connectivity index (χ1) is 12.4. The molecule has 0 bridgehead atoms. The molecular formula is C19H20F3NO2S. The lowest BCUT2D eigenvalue weighted by Crippen LogP contribution is -2.52. The Hall–Kier alpha value is -1.54. The predicted octanol–water partition coefficient (Wildman–Crippen LogP) is 3.72. The molecule has 0 amide bonds. The molecule has 3 rings (SSSR count). The van der Waals surface area contributed by atoms with Gasteiger partial charge in [0.2, 0.25) is 0 Å². The van der Waals surface area contributed by atoms with Crippen LogP contribution in [-0.4, -0.2) is 36.4 Å². The molecule has 3 nitrogen and oxygen atoms in total. The molecule has 2 N–H and O–H groups in total. The maximum absolute atomic E-state index is 12.9. The summed E-state index contributed by atoms with van der Waals surface area (Å²) in [6.07, 6.45) is -0.523. The van der Waals surface area contributed by atoms with E-state index in [1.165, 1.54) is 6.07 Å². The van der Waals surface area contributed by atoms with Gasteiger partial charge in [0.25, 0.3) is 0 Å². The van der Waals surface area contributed by atoms with Gasteiger partial charge in [-0.05, 0) is 29.0 Å². The largest absolute Gasteiger partial charge is 0.446 e. The van der Waals surface area contributed by atoms with E-state index >= 15 is 0 Å². The maximum atomic E-state index is 12.9. The van der Waals surface area contributed by atoms with Gasteiger partial charge in [-0.15, -0.1) is 0 Å². The van der Waals surface area contributed by atoms with E-state index in [1.54, 1.807) is 42.5 Å². The van der Waals surface area contributed by atoms with E-state index in [0.717, 1.165) is 0 Å². The van der Waals surface area contributed by atoms with Gasteiger partial charge in [0.1, 0.15) is 11.7 Å². The van der Waals surface area contributed by atoms with Gasteiger partial charge in [0.15, 0.2) is 0 Å². The van der Waals surface area contributed by atoms with Crippen molar-refractivity contribution in [1.82, 2.24) is 5.32 Å². The van der Waals surface area contributed by atoms with Crippen LogP contribution in [0.15, 0.2) is 59.5 Å². The standard InChI is InChI=1S/C19H20F3NO2S/c20-19(21,22)26-16-9-5-4-6-14(16)12-18(24,15-7-2-1-3-8-15)17-13-23-10-11-25-17/h1-9,17,23-24H,10-13H2/t17-,18?/m0/s1. The van der Waals surface area contributed by atoms with Crippen LogP contribution < -0.4 is 5.32 Å². The van der Waals surface area contributed by atoms with E-state index in [2.05, 4.69) is 5.32 Å². The van der Waals surface area contributed by atoms with Gasteiger partial charge < -0.3 is 15.2 Å². The number of hydrogen-bond donors (Lipinski definition) is 2. The Morgan fingerprint density at radius 2 is 1.77 bits per heavy atom. The normalized spacial score (nSPS) is 20.5. The van der Waals surface area contributed by atoms with Crippen molar-refractivity contribution in [3.8, 4) is 0 Å². The molecule has 0 saturated carbocycles. The van der Waals surface area contributed by atoms with Crippen LogP contribution in [0.25, 0.3) is 0 Å². The summed E-state index contributed by atoms with van der Waals surface area (Å²) in [6, 6.07) is 15.3. The quantitative estimate of drug-likeness (QED) is 0.773. The second kappa shape index (κ2) is 8.00. The summed E-state index contributed by atoms with van der Waals surface area (Å²) in [5, 5.41) is 14.7. The monoisotopic (exact) mass is 383 g/mol. The average Bonchev–Trinajstić information content (AvgIpc) is 2.63. The first kappa shape index (κ1) is 19.2. The van der Waals surface area contributed by atoms with Crippen LogP contribution in [-0.2, 0) is 16.8 Å². The Morgan fingerprint density at radius 3 is 2.42 bits per heavy atom. The van der Waals surface area contributed by atoms with Gasteiger partial charge in [0, 0.05) is 24.4 Å². The van der Waals surface area contributed by atoms with E-state index < -0.39 is 17.2 Å². The molecule has 1 unspecified atom stereocenters. The molecule has 140 valence electrons. The predicted molar refractivity (Wildman–Crippen MR) is 95.0 cm³/mol. The minimum absolute atomic E-state index is 0.0304. The van der Waals surface area contributed by atoms with Crippen molar-refractivity contribution in [2.75, 3.05) is 19.7 Å². The van der Waals surface area contributed by atoms with E-state index in [9.17, 15) is 18.3 Å². The SMILES string of the molecule is OC(Cc1ccccc1SC(F)(F)F)(c1ccccc1)[C@@H]1CNCCO1. The maximum Gasteiger partial charge on any atom is 0.446 e. The van der Waals surface area contributed by atoms with Crippen LogP contribution in [0.2, 0.25) is 0 Å². The number of halogens is 3. The highest BCUT2D eigenvalue weighted by Crippen LogP contribution is 2.41. The van der Waals surface area contributed by atoms with Gasteiger partial charge in [-0.2, -0.15) is 13.2 Å². The van der Waals surface area contributed by atoms with Crippen molar-refractivity contribution in [2.45, 2.75) is 28.5 Å². The Labute approximate surface area is 154 Å². The highest BCUT2D eigenvalue weighted by molar-refractivity contribution is 8.00. The summed E-state index contributed by atoms with van der Waals surface area (Å²) in [5.41, 5.74) is -4.75. The summed E-state index contributed by atoms with van der Waals surface area (Å²) in [4.78, 5) is 0.0955. The Morgan fingerprint density at radius 1 is 1.08 bits per heavy atom. The second-order valence-corrected chi connectivity index (χ2v) is 7.29. The van der Waals surface area contributed by atoms with Crippen LogP contribution in [0, 0.1) is 0 Å². The smallest absolute Gasteiger partial charge is 0.382 e. The summed E-state index contributed by atoms with van der Waals surface area (Å²) < 4.78 is 44.5. The van der Waals surface area contributed by atoms with Crippen molar-refractivity contribution >= 4 is 11.8 Å². The van der Waals surface area contributed by atoms with E-state index in [0.29, 0.717) is 30.8 Å². The highest BCUT2D eigenvalue weighted by atomic mass is 32.2. The molecule has 7 heteroatoms. The third kappa shape index (κ3) is 4.59. The lowest BCUT2D eigenvalue weighted by atomic mass is 9.82. The van der Waals surface area contributed by atoms with Crippen LogP contribution in [0.5, 0.6) is 0 Å². The van der Waals surface area contributed by atoms with Gasteiger partial charge >= 0.3 is 5.51 Å². The number of thioether (sulfide) groups is 1. The van der Waals surface area contributed by atoms with Gasteiger partial charge in [-0.3, -0.25) is 0 Å². The molecule has 26 heavy (non-hydrogen) atoms. The van der Waals surface area contributed by atoms with Crippen molar-refractivity contribution < 1.29 is 23.0 Å². The number of morpholine rings is 1. The van der Waals surface area contributed by atoms with Crippen LogP contribution in [0.3, 0.4) is 0 Å². The van der Waals surface area contributed by atoms with E-state index in [-0.39, 0.29) is 23.1 Å². The van der Waals surface area contributed by atoms with Crippen molar-refractivity contribution in [2.24, 2.45) is 0 Å². The zero-order chi connectivity index (χ0) is 18.6. The second-order valence-electron chi connectivity index (χ2n) is 6.19. The fourth-order valence-corrected chi connectivity index (χ4v) is 3.83. The summed E-state index contributed by atoms with van der Waals surface area (Å²) >= 11 is -0.158. The lowest BCUT2D eigenvalue weighted by Gasteiger charge is -2.39. The third-order valence-electron chi connectivity index (χ3n) is 4.39. The first-order valence-corrected chi connectivity index (χ1v) is 9.14. The van der Waals surface area contributed by atoms with Crippen LogP contribution in [0.1, 0.15) is 11.1 Å².